The molecule has 0 aliphatic heterocycles. The van der Waals surface area contributed by atoms with Crippen LogP contribution < -0.4 is 0 Å². The van der Waals surface area contributed by atoms with Crippen LogP contribution in [-0.4, -0.2) is 23.6 Å². The van der Waals surface area contributed by atoms with Crippen LogP contribution in [0.25, 0.3) is 0 Å². The molecule has 1 fully saturated rings. The first-order valence-electron chi connectivity index (χ1n) is 5.38. The monoisotopic (exact) mass is 214 g/mol. The lowest BCUT2D eigenvalue weighted by Gasteiger charge is -2.22. The number of hydrogen-bond acceptors (Lipinski definition) is 4. The molecule has 1 aliphatic carbocycles. The maximum Gasteiger partial charge on any atom is 0.350 e. The number of rotatable bonds is 5. The summed E-state index contributed by atoms with van der Waals surface area (Å²) >= 11 is 0. The second-order valence-electron chi connectivity index (χ2n) is 4.34. The smallest absolute Gasteiger partial charge is 0.350 e. The second-order valence-corrected chi connectivity index (χ2v) is 4.34. The minimum atomic E-state index is -1.16. The normalized spacial score (nSPS) is 15.9. The average Bonchev–Trinajstić information content (AvgIpc) is 2.87. The van der Waals surface area contributed by atoms with Crippen LogP contribution in [0.2, 0.25) is 0 Å². The molecule has 1 rings (SSSR count). The van der Waals surface area contributed by atoms with Gasteiger partial charge in [-0.3, -0.25) is 4.79 Å². The zero-order chi connectivity index (χ0) is 11.5. The van der Waals surface area contributed by atoms with Crippen molar-refractivity contribution in [2.24, 2.45) is 0 Å². The molecule has 15 heavy (non-hydrogen) atoms. The molecule has 4 nitrogen and oxygen atoms in total. The van der Waals surface area contributed by atoms with Gasteiger partial charge >= 0.3 is 11.9 Å². The summed E-state index contributed by atoms with van der Waals surface area (Å²) in [6.07, 6.45) is 2.93. The van der Waals surface area contributed by atoms with Crippen molar-refractivity contribution < 1.29 is 19.1 Å². The predicted molar refractivity (Wildman–Crippen MR) is 54.2 cm³/mol. The quantitative estimate of drug-likeness (QED) is 0.655. The van der Waals surface area contributed by atoms with Gasteiger partial charge in [-0.15, -0.1) is 0 Å². The van der Waals surface area contributed by atoms with E-state index in [4.69, 9.17) is 9.47 Å². The summed E-state index contributed by atoms with van der Waals surface area (Å²) in [4.78, 5) is 22.8. The van der Waals surface area contributed by atoms with Gasteiger partial charge in [0.05, 0.1) is 0 Å². The Morgan fingerprint density at radius 3 is 2.40 bits per heavy atom. The van der Waals surface area contributed by atoms with E-state index in [1.54, 1.807) is 13.8 Å². The lowest BCUT2D eigenvalue weighted by Crippen LogP contribution is -2.39. The number of esters is 2. The summed E-state index contributed by atoms with van der Waals surface area (Å²) in [7, 11) is 0. The molecule has 0 amide bonds. The van der Waals surface area contributed by atoms with Crippen molar-refractivity contribution in [3.05, 3.63) is 0 Å². The minimum absolute atomic E-state index is 0.0432. The highest BCUT2D eigenvalue weighted by Crippen LogP contribution is 2.26. The third-order valence-electron chi connectivity index (χ3n) is 2.11. The maximum absolute atomic E-state index is 11.6. The molecule has 1 aliphatic rings. The third-order valence-corrected chi connectivity index (χ3v) is 2.11. The second kappa shape index (κ2) is 4.64. The molecule has 0 unspecified atom stereocenters. The lowest BCUT2D eigenvalue weighted by molar-refractivity contribution is -0.179. The Kier molecular flexibility index (Phi) is 3.72. The molecule has 0 aromatic carbocycles. The Morgan fingerprint density at radius 1 is 1.33 bits per heavy atom. The first kappa shape index (κ1) is 12.0. The molecule has 0 spiro atoms. The van der Waals surface area contributed by atoms with Gasteiger partial charge in [-0.1, -0.05) is 6.92 Å². The Hall–Kier alpha value is -1.06. The molecule has 0 radical (unpaired) electrons. The van der Waals surface area contributed by atoms with Crippen molar-refractivity contribution in [1.29, 1.82) is 0 Å². The standard InChI is InChI=1S/C11H18O4/c1-4-5-9(12)15-11(2,3)10(13)14-8-6-7-8/h8H,4-7H2,1-3H3. The molecule has 1 saturated carbocycles. The van der Waals surface area contributed by atoms with Crippen LogP contribution in [-0.2, 0) is 19.1 Å². The summed E-state index contributed by atoms with van der Waals surface area (Å²) in [5.74, 6) is -0.801. The van der Waals surface area contributed by atoms with Crippen LogP contribution in [0, 0.1) is 0 Å². The van der Waals surface area contributed by atoms with Crippen molar-refractivity contribution in [2.45, 2.75) is 58.2 Å². The summed E-state index contributed by atoms with van der Waals surface area (Å²) in [5, 5.41) is 0. The minimum Gasteiger partial charge on any atom is -0.459 e. The van der Waals surface area contributed by atoms with E-state index < -0.39 is 11.6 Å². The van der Waals surface area contributed by atoms with E-state index >= 15 is 0 Å². The Labute approximate surface area is 89.9 Å². The summed E-state index contributed by atoms with van der Waals surface area (Å²) in [6.45, 7) is 5.01. The molecule has 0 atom stereocenters. The first-order chi connectivity index (χ1) is 6.95. The Morgan fingerprint density at radius 2 is 1.93 bits per heavy atom. The van der Waals surface area contributed by atoms with E-state index in [1.807, 2.05) is 6.92 Å². The Bertz CT molecular complexity index is 253. The molecule has 0 aromatic rings. The fourth-order valence-electron chi connectivity index (χ4n) is 1.06. The van der Waals surface area contributed by atoms with Crippen LogP contribution >= 0.6 is 0 Å². The first-order valence-corrected chi connectivity index (χ1v) is 5.38. The highest BCUT2D eigenvalue weighted by atomic mass is 16.6. The van der Waals surface area contributed by atoms with Gasteiger partial charge in [-0.2, -0.15) is 0 Å². The van der Waals surface area contributed by atoms with Crippen LogP contribution in [0.1, 0.15) is 46.5 Å². The van der Waals surface area contributed by atoms with Gasteiger partial charge in [0.1, 0.15) is 6.10 Å². The largest absolute Gasteiger partial charge is 0.459 e. The molecule has 0 N–H and O–H groups in total. The molecule has 0 heterocycles. The van der Waals surface area contributed by atoms with E-state index in [1.165, 1.54) is 0 Å². The van der Waals surface area contributed by atoms with Crippen LogP contribution in [0.15, 0.2) is 0 Å². The van der Waals surface area contributed by atoms with Crippen molar-refractivity contribution in [1.82, 2.24) is 0 Å². The summed E-state index contributed by atoms with van der Waals surface area (Å²) < 4.78 is 10.1. The zero-order valence-corrected chi connectivity index (χ0v) is 9.54. The highest BCUT2D eigenvalue weighted by Gasteiger charge is 2.37. The maximum atomic E-state index is 11.6. The number of carbonyl (C=O) groups excluding carboxylic acids is 2. The van der Waals surface area contributed by atoms with Gasteiger partial charge in [-0.05, 0) is 33.1 Å². The van der Waals surface area contributed by atoms with Gasteiger partial charge in [0.25, 0.3) is 0 Å². The van der Waals surface area contributed by atoms with Gasteiger partial charge < -0.3 is 9.47 Å². The molecule has 0 bridgehead atoms. The molecule has 0 aromatic heterocycles. The van der Waals surface area contributed by atoms with E-state index in [0.29, 0.717) is 12.8 Å². The van der Waals surface area contributed by atoms with E-state index in [9.17, 15) is 9.59 Å². The third kappa shape index (κ3) is 3.90. The predicted octanol–water partition coefficient (Wildman–Crippen LogP) is 1.81. The molecule has 4 heteroatoms. The fraction of sp³-hybridized carbons (Fsp3) is 0.818. The molecule has 86 valence electrons. The van der Waals surface area contributed by atoms with Gasteiger partial charge in [0.2, 0.25) is 5.60 Å². The van der Waals surface area contributed by atoms with Crippen LogP contribution in [0.3, 0.4) is 0 Å². The van der Waals surface area contributed by atoms with Gasteiger partial charge in [-0.25, -0.2) is 4.79 Å². The van der Waals surface area contributed by atoms with Crippen molar-refractivity contribution in [3.63, 3.8) is 0 Å². The Balaban J connectivity index is 2.40. The van der Waals surface area contributed by atoms with Crippen LogP contribution in [0.5, 0.6) is 0 Å². The lowest BCUT2D eigenvalue weighted by atomic mass is 10.1. The molecular formula is C11H18O4. The number of ether oxygens (including phenoxy) is 2. The van der Waals surface area contributed by atoms with Crippen molar-refractivity contribution in [2.75, 3.05) is 0 Å². The van der Waals surface area contributed by atoms with Crippen LogP contribution in [0.4, 0.5) is 0 Å². The fourth-order valence-corrected chi connectivity index (χ4v) is 1.06. The van der Waals surface area contributed by atoms with Crippen molar-refractivity contribution >= 4 is 11.9 Å². The summed E-state index contributed by atoms with van der Waals surface area (Å²) in [6, 6.07) is 0. The van der Waals surface area contributed by atoms with E-state index in [2.05, 4.69) is 0 Å². The average molecular weight is 214 g/mol. The number of hydrogen-bond donors (Lipinski definition) is 0. The highest BCUT2D eigenvalue weighted by molar-refractivity contribution is 5.82. The number of carbonyl (C=O) groups is 2. The SMILES string of the molecule is CCCC(=O)OC(C)(C)C(=O)OC1CC1. The molecular weight excluding hydrogens is 196 g/mol. The van der Waals surface area contributed by atoms with E-state index in [0.717, 1.165) is 12.8 Å². The topological polar surface area (TPSA) is 52.6 Å². The van der Waals surface area contributed by atoms with Crippen molar-refractivity contribution in [3.8, 4) is 0 Å². The van der Waals surface area contributed by atoms with Gasteiger partial charge in [0, 0.05) is 6.42 Å². The molecule has 0 saturated heterocycles. The summed E-state index contributed by atoms with van der Waals surface area (Å²) in [5.41, 5.74) is -1.16. The van der Waals surface area contributed by atoms with Gasteiger partial charge in [0.15, 0.2) is 0 Å². The zero-order valence-electron chi connectivity index (χ0n) is 9.54. The van der Waals surface area contributed by atoms with E-state index in [-0.39, 0.29) is 12.1 Å².